The van der Waals surface area contributed by atoms with Crippen molar-refractivity contribution in [3.63, 3.8) is 0 Å². The number of hydrogen-bond acceptors (Lipinski definition) is 2. The zero-order valence-electron chi connectivity index (χ0n) is 19.5. The zero-order valence-corrected chi connectivity index (χ0v) is 19.5. The molecule has 0 aliphatic rings. The summed E-state index contributed by atoms with van der Waals surface area (Å²) in [6.07, 6.45) is 3.57. The predicted molar refractivity (Wildman–Crippen MR) is 122 cm³/mol. The summed E-state index contributed by atoms with van der Waals surface area (Å²) in [6, 6.07) is 4.29. The van der Waals surface area contributed by atoms with E-state index in [9.17, 15) is 10.2 Å². The van der Waals surface area contributed by atoms with Gasteiger partial charge in [-0.2, -0.15) is 0 Å². The van der Waals surface area contributed by atoms with E-state index in [0.29, 0.717) is 6.42 Å². The highest BCUT2D eigenvalue weighted by Crippen LogP contribution is 2.34. The molecular weight excluding hydrogens is 344 g/mol. The van der Waals surface area contributed by atoms with Crippen molar-refractivity contribution in [1.29, 1.82) is 0 Å². The van der Waals surface area contributed by atoms with Crippen LogP contribution in [0, 0.1) is 12.3 Å². The van der Waals surface area contributed by atoms with E-state index in [2.05, 4.69) is 87.1 Å². The van der Waals surface area contributed by atoms with Crippen LogP contribution in [0.15, 0.2) is 47.3 Å². The summed E-state index contributed by atoms with van der Waals surface area (Å²) < 4.78 is 0. The van der Waals surface area contributed by atoms with Gasteiger partial charge < -0.3 is 10.2 Å². The van der Waals surface area contributed by atoms with E-state index < -0.39 is 0 Å². The van der Waals surface area contributed by atoms with Gasteiger partial charge >= 0.3 is 0 Å². The Bertz CT molecular complexity index is 778. The van der Waals surface area contributed by atoms with Gasteiger partial charge in [-0.3, -0.25) is 0 Å². The smallest absolute Gasteiger partial charge is 0.122 e. The first kappa shape index (κ1) is 24.2. The summed E-state index contributed by atoms with van der Waals surface area (Å²) in [5.41, 5.74) is 6.88. The quantitative estimate of drug-likeness (QED) is 0.406. The third-order valence-electron chi connectivity index (χ3n) is 5.31. The van der Waals surface area contributed by atoms with Gasteiger partial charge in [0.1, 0.15) is 5.76 Å². The van der Waals surface area contributed by atoms with Gasteiger partial charge in [0.2, 0.25) is 0 Å². The predicted octanol–water partition coefficient (Wildman–Crippen LogP) is 7.10. The zero-order chi connectivity index (χ0) is 21.9. The second-order valence-corrected chi connectivity index (χ2v) is 9.98. The lowest BCUT2D eigenvalue weighted by Crippen LogP contribution is -2.17. The van der Waals surface area contributed by atoms with Crippen molar-refractivity contribution in [2.24, 2.45) is 5.41 Å². The van der Waals surface area contributed by atoms with E-state index in [-0.39, 0.29) is 23.2 Å². The van der Waals surface area contributed by atoms with Gasteiger partial charge in [-0.05, 0) is 58.9 Å². The van der Waals surface area contributed by atoms with Gasteiger partial charge in [0.25, 0.3) is 0 Å². The molecule has 1 aromatic carbocycles. The fourth-order valence-corrected chi connectivity index (χ4v) is 3.26. The van der Waals surface area contributed by atoms with Gasteiger partial charge in [-0.15, -0.1) is 0 Å². The number of aliphatic hydroxyl groups is 2. The van der Waals surface area contributed by atoms with Crippen LogP contribution in [-0.2, 0) is 18.4 Å². The minimum atomic E-state index is -0.216. The summed E-state index contributed by atoms with van der Waals surface area (Å²) in [5.74, 6) is 0.267. The van der Waals surface area contributed by atoms with Crippen LogP contribution in [0.1, 0.15) is 84.1 Å². The van der Waals surface area contributed by atoms with Crippen molar-refractivity contribution in [2.45, 2.75) is 87.2 Å². The highest BCUT2D eigenvalue weighted by Gasteiger charge is 2.23. The lowest BCUT2D eigenvalue weighted by Gasteiger charge is -2.26. The molecular formula is C26H40O2. The van der Waals surface area contributed by atoms with Crippen LogP contribution in [0.3, 0.4) is 0 Å². The van der Waals surface area contributed by atoms with Crippen LogP contribution in [0.5, 0.6) is 0 Å². The maximum atomic E-state index is 11.1. The van der Waals surface area contributed by atoms with E-state index in [0.717, 1.165) is 34.3 Å². The van der Waals surface area contributed by atoms with E-state index in [1.165, 1.54) is 11.1 Å². The van der Waals surface area contributed by atoms with Crippen molar-refractivity contribution >= 4 is 0 Å². The molecule has 2 nitrogen and oxygen atoms in total. The largest absolute Gasteiger partial charge is 0.507 e. The maximum Gasteiger partial charge on any atom is 0.122 e. The average Bonchev–Trinajstić information content (AvgIpc) is 2.57. The molecule has 0 atom stereocenters. The summed E-state index contributed by atoms with van der Waals surface area (Å²) in [7, 11) is 0. The normalized spacial score (nSPS) is 14.1. The van der Waals surface area contributed by atoms with E-state index in [1.54, 1.807) is 0 Å². The second-order valence-electron chi connectivity index (χ2n) is 9.98. The second kappa shape index (κ2) is 9.13. The van der Waals surface area contributed by atoms with Crippen LogP contribution in [0.25, 0.3) is 0 Å². The van der Waals surface area contributed by atoms with Gasteiger partial charge in [0.15, 0.2) is 0 Å². The lowest BCUT2D eigenvalue weighted by atomic mass is 9.79. The number of benzene rings is 1. The number of aryl methyl sites for hydroxylation is 1. The molecule has 0 fully saturated rings. The Morgan fingerprint density at radius 2 is 1.68 bits per heavy atom. The SMILES string of the molecule is C=C(/C(O)=C(\C=C(\C)CC)Cc1cc(C)cc(C(C)(C)C)c1CO)C(C)(C)C. The molecule has 0 saturated carbocycles. The Kier molecular flexibility index (Phi) is 7.91. The minimum Gasteiger partial charge on any atom is -0.507 e. The van der Waals surface area contributed by atoms with Gasteiger partial charge in [0, 0.05) is 6.42 Å². The minimum absolute atomic E-state index is 0.00699. The monoisotopic (exact) mass is 384 g/mol. The van der Waals surface area contributed by atoms with Gasteiger partial charge in [-0.25, -0.2) is 0 Å². The Morgan fingerprint density at radius 1 is 1.11 bits per heavy atom. The molecule has 0 spiro atoms. The number of aliphatic hydroxyl groups excluding tert-OH is 2. The average molecular weight is 385 g/mol. The molecule has 1 rings (SSSR count). The summed E-state index contributed by atoms with van der Waals surface area (Å²) in [6.45, 7) is 23.1. The third-order valence-corrected chi connectivity index (χ3v) is 5.31. The number of rotatable bonds is 6. The Morgan fingerprint density at radius 3 is 2.11 bits per heavy atom. The summed E-state index contributed by atoms with van der Waals surface area (Å²) in [5, 5.41) is 21.2. The molecule has 0 heterocycles. The number of allylic oxidation sites excluding steroid dienone is 4. The molecule has 0 aliphatic carbocycles. The van der Waals surface area contributed by atoms with Crippen LogP contribution in [0.4, 0.5) is 0 Å². The van der Waals surface area contributed by atoms with Crippen molar-refractivity contribution in [1.82, 2.24) is 0 Å². The molecule has 2 N–H and O–H groups in total. The number of hydrogen-bond donors (Lipinski definition) is 2. The summed E-state index contributed by atoms with van der Waals surface area (Å²) >= 11 is 0. The van der Waals surface area contributed by atoms with Crippen LogP contribution < -0.4 is 0 Å². The Hall–Kier alpha value is -1.80. The molecule has 1 aromatic rings. The van der Waals surface area contributed by atoms with E-state index in [1.807, 2.05) is 0 Å². The molecule has 0 unspecified atom stereocenters. The fourth-order valence-electron chi connectivity index (χ4n) is 3.26. The first-order valence-corrected chi connectivity index (χ1v) is 10.2. The summed E-state index contributed by atoms with van der Waals surface area (Å²) in [4.78, 5) is 0. The fraction of sp³-hybridized carbons (Fsp3) is 0.538. The van der Waals surface area contributed by atoms with E-state index >= 15 is 0 Å². The highest BCUT2D eigenvalue weighted by molar-refractivity contribution is 5.47. The molecule has 0 saturated heterocycles. The molecule has 0 bridgehead atoms. The maximum absolute atomic E-state index is 11.1. The molecule has 0 amide bonds. The molecule has 156 valence electrons. The van der Waals surface area contributed by atoms with Crippen LogP contribution in [-0.4, -0.2) is 10.2 Å². The van der Waals surface area contributed by atoms with Gasteiger partial charge in [0.05, 0.1) is 6.61 Å². The molecule has 0 aromatic heterocycles. The first-order valence-electron chi connectivity index (χ1n) is 10.2. The van der Waals surface area contributed by atoms with Crippen LogP contribution in [0.2, 0.25) is 0 Å². The standard InChI is InChI=1S/C26H40O2/c1-11-17(2)12-21(24(28)19(4)25(5,6)7)15-20-13-18(3)14-23(22(20)16-27)26(8,9)10/h12-14,27-28H,4,11,15-16H2,1-3,5-10H3/b17-12-,24-21-. The Balaban J connectivity index is 3.66. The van der Waals surface area contributed by atoms with Crippen molar-refractivity contribution in [3.05, 3.63) is 69.5 Å². The van der Waals surface area contributed by atoms with Crippen molar-refractivity contribution < 1.29 is 10.2 Å². The van der Waals surface area contributed by atoms with Crippen molar-refractivity contribution in [2.75, 3.05) is 0 Å². The van der Waals surface area contributed by atoms with E-state index in [4.69, 9.17) is 0 Å². The Labute approximate surface area is 172 Å². The topological polar surface area (TPSA) is 40.5 Å². The molecule has 2 heteroatoms. The third kappa shape index (κ3) is 6.10. The van der Waals surface area contributed by atoms with Crippen molar-refractivity contribution in [3.8, 4) is 0 Å². The molecule has 28 heavy (non-hydrogen) atoms. The lowest BCUT2D eigenvalue weighted by molar-refractivity contribution is 0.277. The van der Waals surface area contributed by atoms with Crippen LogP contribution >= 0.6 is 0 Å². The molecule has 0 aliphatic heterocycles. The van der Waals surface area contributed by atoms with Gasteiger partial charge in [-0.1, -0.05) is 84.4 Å². The highest BCUT2D eigenvalue weighted by atomic mass is 16.3. The molecule has 0 radical (unpaired) electrons. The first-order chi connectivity index (χ1) is 12.7.